The van der Waals surface area contributed by atoms with Crippen LogP contribution >= 0.6 is 0 Å². The monoisotopic (exact) mass is 391 g/mol. The van der Waals surface area contributed by atoms with Gasteiger partial charge in [-0.05, 0) is 42.5 Å². The maximum Gasteiger partial charge on any atom is 0.167 e. The molecule has 0 aliphatic carbocycles. The van der Waals surface area contributed by atoms with Gasteiger partial charge in [0, 0.05) is 5.56 Å². The van der Waals surface area contributed by atoms with Gasteiger partial charge in [-0.1, -0.05) is 24.3 Å². The van der Waals surface area contributed by atoms with E-state index in [1.165, 1.54) is 18.2 Å². The van der Waals surface area contributed by atoms with Gasteiger partial charge >= 0.3 is 0 Å². The molecular weight excluding hydrogens is 378 g/mol. The molecule has 142 valence electrons. The first kappa shape index (κ1) is 18.6. The summed E-state index contributed by atoms with van der Waals surface area (Å²) in [6.45, 7) is 0. The molecule has 0 spiro atoms. The zero-order valence-electron chi connectivity index (χ0n) is 15.5. The lowest BCUT2D eigenvalue weighted by atomic mass is 10.1. The second kappa shape index (κ2) is 7.70. The highest BCUT2D eigenvalue weighted by Gasteiger charge is 2.16. The van der Waals surface area contributed by atoms with Gasteiger partial charge in [-0.3, -0.25) is 0 Å². The van der Waals surface area contributed by atoms with Crippen molar-refractivity contribution in [3.05, 3.63) is 77.9 Å². The maximum atomic E-state index is 10.3. The summed E-state index contributed by atoms with van der Waals surface area (Å²) >= 11 is 0. The molecule has 30 heavy (non-hydrogen) atoms. The van der Waals surface area contributed by atoms with E-state index in [0.717, 1.165) is 0 Å². The van der Waals surface area contributed by atoms with Crippen LogP contribution in [0.2, 0.25) is 0 Å². The molecule has 0 atom stereocenters. The Morgan fingerprint density at radius 2 is 1.03 bits per heavy atom. The van der Waals surface area contributed by atoms with E-state index < -0.39 is 0 Å². The number of phenolic OH excluding ortho intramolecular Hbond substituents is 2. The van der Waals surface area contributed by atoms with Gasteiger partial charge in [0.1, 0.15) is 11.5 Å². The summed E-state index contributed by atoms with van der Waals surface area (Å²) in [5.41, 5.74) is 1.79. The summed E-state index contributed by atoms with van der Waals surface area (Å²) in [6.07, 6.45) is 0. The molecule has 0 saturated heterocycles. The smallest absolute Gasteiger partial charge is 0.167 e. The first-order chi connectivity index (χ1) is 14.6. The molecule has 0 aliphatic rings. The Balaban J connectivity index is 2.00. The lowest BCUT2D eigenvalue weighted by Crippen LogP contribution is -2.01. The third kappa shape index (κ3) is 3.51. The van der Waals surface area contributed by atoms with Crippen LogP contribution in [0.3, 0.4) is 0 Å². The molecule has 1 heterocycles. The van der Waals surface area contributed by atoms with Crippen LogP contribution in [0.1, 0.15) is 11.1 Å². The number of aromatic hydroxyl groups is 2. The molecule has 0 radical (unpaired) electrons. The molecular formula is C23H13N5O2. The van der Waals surface area contributed by atoms with E-state index in [-0.39, 0.29) is 40.1 Å². The van der Waals surface area contributed by atoms with Gasteiger partial charge in [0.25, 0.3) is 0 Å². The van der Waals surface area contributed by atoms with E-state index >= 15 is 0 Å². The van der Waals surface area contributed by atoms with Gasteiger partial charge in [-0.15, -0.1) is 0 Å². The van der Waals surface area contributed by atoms with Gasteiger partial charge < -0.3 is 10.2 Å². The average molecular weight is 391 g/mol. The lowest BCUT2D eigenvalue weighted by Gasteiger charge is -2.10. The van der Waals surface area contributed by atoms with E-state index in [9.17, 15) is 20.7 Å². The lowest BCUT2D eigenvalue weighted by molar-refractivity contribution is 0.477. The summed E-state index contributed by atoms with van der Waals surface area (Å²) < 4.78 is 0. The molecule has 4 rings (SSSR count). The maximum absolute atomic E-state index is 10.3. The van der Waals surface area contributed by atoms with Gasteiger partial charge in [0.05, 0.1) is 34.4 Å². The summed E-state index contributed by atoms with van der Waals surface area (Å²) in [4.78, 5) is 13.4. The van der Waals surface area contributed by atoms with Crippen LogP contribution in [0, 0.1) is 22.7 Å². The standard InChI is InChI=1S/C23H13N5O2/c24-12-14-9-15(13-25)11-16(10-14)21-26-22(17-5-1-3-7-19(17)29)28-23(27-21)18-6-2-4-8-20(18)30/h1-11,29-30H. The van der Waals surface area contributed by atoms with Gasteiger partial charge in [-0.2, -0.15) is 10.5 Å². The van der Waals surface area contributed by atoms with Crippen molar-refractivity contribution in [1.29, 1.82) is 10.5 Å². The normalized spacial score (nSPS) is 10.2. The van der Waals surface area contributed by atoms with Crippen LogP contribution in [-0.4, -0.2) is 25.2 Å². The van der Waals surface area contributed by atoms with Gasteiger partial charge in [-0.25, -0.2) is 15.0 Å². The Labute approximate surface area is 171 Å². The molecule has 0 fully saturated rings. The Morgan fingerprint density at radius 3 is 1.47 bits per heavy atom. The van der Waals surface area contributed by atoms with Crippen molar-refractivity contribution in [1.82, 2.24) is 15.0 Å². The van der Waals surface area contributed by atoms with Crippen LogP contribution in [0.15, 0.2) is 66.7 Å². The summed E-state index contributed by atoms with van der Waals surface area (Å²) in [7, 11) is 0. The Bertz CT molecular complexity index is 1260. The summed E-state index contributed by atoms with van der Waals surface area (Å²) in [6, 6.07) is 21.8. The van der Waals surface area contributed by atoms with Crippen LogP contribution in [0.25, 0.3) is 34.2 Å². The highest BCUT2D eigenvalue weighted by atomic mass is 16.3. The van der Waals surface area contributed by atoms with Crippen molar-refractivity contribution in [2.24, 2.45) is 0 Å². The van der Waals surface area contributed by atoms with E-state index in [0.29, 0.717) is 16.7 Å². The molecule has 0 unspecified atom stereocenters. The zero-order chi connectivity index (χ0) is 21.1. The van der Waals surface area contributed by atoms with Crippen molar-refractivity contribution < 1.29 is 10.2 Å². The molecule has 0 aliphatic heterocycles. The molecule has 7 heteroatoms. The van der Waals surface area contributed by atoms with Crippen molar-refractivity contribution >= 4 is 0 Å². The molecule has 1 aromatic heterocycles. The predicted molar refractivity (Wildman–Crippen MR) is 109 cm³/mol. The minimum atomic E-state index is -0.0126. The number of para-hydroxylation sites is 2. The number of nitriles is 2. The minimum Gasteiger partial charge on any atom is -0.507 e. The van der Waals surface area contributed by atoms with Crippen molar-refractivity contribution in [2.75, 3.05) is 0 Å². The topological polar surface area (TPSA) is 127 Å². The number of hydrogen-bond donors (Lipinski definition) is 2. The third-order valence-corrected chi connectivity index (χ3v) is 4.37. The SMILES string of the molecule is N#Cc1cc(C#N)cc(-c2nc(-c3ccccc3O)nc(-c3ccccc3O)n2)c1. The number of hydrogen-bond acceptors (Lipinski definition) is 7. The van der Waals surface area contributed by atoms with Crippen LogP contribution in [0.5, 0.6) is 11.5 Å². The predicted octanol–water partition coefficient (Wildman–Crippen LogP) is 4.03. The van der Waals surface area contributed by atoms with E-state index in [1.54, 1.807) is 48.5 Å². The molecule has 2 N–H and O–H groups in total. The van der Waals surface area contributed by atoms with Crippen molar-refractivity contribution in [2.45, 2.75) is 0 Å². The van der Waals surface area contributed by atoms with Crippen LogP contribution in [-0.2, 0) is 0 Å². The van der Waals surface area contributed by atoms with Crippen LogP contribution < -0.4 is 0 Å². The van der Waals surface area contributed by atoms with E-state index in [2.05, 4.69) is 15.0 Å². The van der Waals surface area contributed by atoms with Gasteiger partial charge in [0.2, 0.25) is 0 Å². The second-order valence-electron chi connectivity index (χ2n) is 6.36. The van der Waals surface area contributed by atoms with E-state index in [4.69, 9.17) is 0 Å². The quantitative estimate of drug-likeness (QED) is 0.540. The molecule has 4 aromatic rings. The number of rotatable bonds is 3. The average Bonchev–Trinajstić information content (AvgIpc) is 2.79. The number of nitrogens with zero attached hydrogens (tertiary/aromatic N) is 5. The second-order valence-corrected chi connectivity index (χ2v) is 6.36. The minimum absolute atomic E-state index is 0.0126. The molecule has 0 saturated carbocycles. The molecule has 7 nitrogen and oxygen atoms in total. The molecule has 0 amide bonds. The van der Waals surface area contributed by atoms with Gasteiger partial charge in [0.15, 0.2) is 17.5 Å². The number of phenols is 2. The summed E-state index contributed by atoms with van der Waals surface area (Å²) in [5, 5.41) is 39.1. The highest BCUT2D eigenvalue weighted by molar-refractivity contribution is 5.72. The Morgan fingerprint density at radius 1 is 0.600 bits per heavy atom. The number of benzene rings is 3. The third-order valence-electron chi connectivity index (χ3n) is 4.37. The highest BCUT2D eigenvalue weighted by Crippen LogP contribution is 2.32. The van der Waals surface area contributed by atoms with E-state index in [1.807, 2.05) is 12.1 Å². The largest absolute Gasteiger partial charge is 0.507 e. The zero-order valence-corrected chi connectivity index (χ0v) is 15.5. The molecule has 0 bridgehead atoms. The van der Waals surface area contributed by atoms with Crippen LogP contribution in [0.4, 0.5) is 0 Å². The fourth-order valence-electron chi connectivity index (χ4n) is 2.96. The first-order valence-electron chi connectivity index (χ1n) is 8.87. The van der Waals surface area contributed by atoms with Crippen molar-refractivity contribution in [3.63, 3.8) is 0 Å². The van der Waals surface area contributed by atoms with Crippen molar-refractivity contribution in [3.8, 4) is 57.8 Å². The fourth-order valence-corrected chi connectivity index (χ4v) is 2.96. The first-order valence-corrected chi connectivity index (χ1v) is 8.87. The molecule has 3 aromatic carbocycles. The Hall–Kier alpha value is -4.75. The number of aromatic nitrogens is 3. The fraction of sp³-hybridized carbons (Fsp3) is 0. The summed E-state index contributed by atoms with van der Waals surface area (Å²) in [5.74, 6) is 0.562. The Kier molecular flexibility index (Phi) is 4.78.